The van der Waals surface area contributed by atoms with Crippen molar-refractivity contribution in [3.8, 4) is 0 Å². The van der Waals surface area contributed by atoms with Crippen LogP contribution in [-0.2, 0) is 30.9 Å². The Balaban J connectivity index is 1.61. The third-order valence-corrected chi connectivity index (χ3v) is 8.95. The first kappa shape index (κ1) is 36.1. The SMILES string of the molecule is FC(F)(F)c1ccc(N2c3ccc(C(F)(F)F)cc3B3c4cc(C(F)(F)F)ccc4N(c4ccc(C(F)(F)F)cc4)c4cc(C(F)(F)F)cc2c43)cc1. The van der Waals surface area contributed by atoms with Crippen molar-refractivity contribution >= 4 is 57.2 Å². The van der Waals surface area contributed by atoms with Crippen LogP contribution in [-0.4, -0.2) is 6.71 Å². The minimum absolute atomic E-state index is 0.255. The second kappa shape index (κ2) is 11.6. The minimum atomic E-state index is -5.15. The van der Waals surface area contributed by atoms with Crippen LogP contribution in [0.4, 0.5) is 100.0 Å². The zero-order valence-corrected chi connectivity index (χ0v) is 25.9. The Kier molecular flexibility index (Phi) is 7.90. The molecule has 2 aliphatic rings. The Morgan fingerprint density at radius 3 is 0.925 bits per heavy atom. The van der Waals surface area contributed by atoms with Gasteiger partial charge in [0.05, 0.1) is 27.8 Å². The Morgan fingerprint density at radius 1 is 0.321 bits per heavy atom. The van der Waals surface area contributed by atoms with Crippen molar-refractivity contribution in [2.24, 2.45) is 0 Å². The van der Waals surface area contributed by atoms with Crippen LogP contribution < -0.4 is 26.2 Å². The van der Waals surface area contributed by atoms with Crippen LogP contribution in [0.3, 0.4) is 0 Å². The molecule has 0 aromatic heterocycles. The van der Waals surface area contributed by atoms with Gasteiger partial charge < -0.3 is 9.80 Å². The van der Waals surface area contributed by atoms with Crippen LogP contribution in [0.2, 0.25) is 0 Å². The topological polar surface area (TPSA) is 6.48 Å². The first-order valence-corrected chi connectivity index (χ1v) is 15.1. The van der Waals surface area contributed by atoms with Crippen molar-refractivity contribution in [2.75, 3.05) is 9.80 Å². The Bertz CT molecular complexity index is 2080. The Labute approximate surface area is 288 Å². The van der Waals surface area contributed by atoms with E-state index in [1.165, 1.54) is 0 Å². The molecule has 0 saturated carbocycles. The first-order valence-electron chi connectivity index (χ1n) is 15.1. The second-order valence-electron chi connectivity index (χ2n) is 12.2. The number of fused-ring (bicyclic) bond motifs is 4. The summed E-state index contributed by atoms with van der Waals surface area (Å²) in [6.07, 6.45) is -24.9. The number of alkyl halides is 15. The predicted molar refractivity (Wildman–Crippen MR) is 165 cm³/mol. The third kappa shape index (κ3) is 6.20. The fraction of sp³-hybridized carbons (Fsp3) is 0.143. The van der Waals surface area contributed by atoms with E-state index >= 15 is 0 Å². The van der Waals surface area contributed by atoms with Gasteiger partial charge in [-0.2, -0.15) is 65.9 Å². The van der Waals surface area contributed by atoms with Crippen molar-refractivity contribution in [1.29, 1.82) is 0 Å². The molecule has 0 atom stereocenters. The summed E-state index contributed by atoms with van der Waals surface area (Å²) in [6, 6.07) is 11.0. The molecular formula is C35H16BF15N2. The monoisotopic (exact) mass is 760 g/mol. The fourth-order valence-corrected chi connectivity index (χ4v) is 6.68. The molecule has 274 valence electrons. The van der Waals surface area contributed by atoms with Gasteiger partial charge in [0.1, 0.15) is 0 Å². The van der Waals surface area contributed by atoms with E-state index in [1.807, 2.05) is 0 Å². The van der Waals surface area contributed by atoms with Gasteiger partial charge in [-0.1, -0.05) is 12.1 Å². The molecule has 7 rings (SSSR count). The van der Waals surface area contributed by atoms with Crippen molar-refractivity contribution in [1.82, 2.24) is 0 Å². The average Bonchev–Trinajstić information content (AvgIpc) is 3.05. The summed E-state index contributed by atoms with van der Waals surface area (Å²) < 4.78 is 210. The van der Waals surface area contributed by atoms with Gasteiger partial charge in [-0.05, 0) is 101 Å². The molecule has 0 spiro atoms. The van der Waals surface area contributed by atoms with E-state index in [-0.39, 0.29) is 39.1 Å². The number of nitrogens with zero attached hydrogens (tertiary/aromatic N) is 2. The maximum atomic E-state index is 14.6. The predicted octanol–water partition coefficient (Wildman–Crippen LogP) is 10.9. The molecule has 0 bridgehead atoms. The highest BCUT2D eigenvalue weighted by Crippen LogP contribution is 2.48. The molecule has 0 saturated heterocycles. The van der Waals surface area contributed by atoms with Crippen molar-refractivity contribution in [2.45, 2.75) is 30.9 Å². The summed E-state index contributed by atoms with van der Waals surface area (Å²) in [5.74, 6) is 0. The van der Waals surface area contributed by atoms with Gasteiger partial charge in [0.25, 0.3) is 6.71 Å². The maximum Gasteiger partial charge on any atom is 0.416 e. The summed E-state index contributed by atoms with van der Waals surface area (Å²) in [5.41, 5.74) is -9.34. The Morgan fingerprint density at radius 2 is 0.623 bits per heavy atom. The molecule has 0 radical (unpaired) electrons. The van der Waals surface area contributed by atoms with Crippen LogP contribution in [0.25, 0.3) is 0 Å². The van der Waals surface area contributed by atoms with Crippen LogP contribution in [0.5, 0.6) is 0 Å². The van der Waals surface area contributed by atoms with E-state index in [0.717, 1.165) is 46.2 Å². The van der Waals surface area contributed by atoms with Crippen molar-refractivity contribution < 1.29 is 65.9 Å². The highest BCUT2D eigenvalue weighted by molar-refractivity contribution is 7.00. The molecule has 5 aromatic carbocycles. The molecule has 53 heavy (non-hydrogen) atoms. The van der Waals surface area contributed by atoms with E-state index in [2.05, 4.69) is 0 Å². The zero-order chi connectivity index (χ0) is 38.6. The molecule has 0 unspecified atom stereocenters. The normalized spacial score (nSPS) is 14.6. The second-order valence-corrected chi connectivity index (χ2v) is 12.2. The van der Waals surface area contributed by atoms with Gasteiger partial charge in [0.2, 0.25) is 0 Å². The highest BCUT2D eigenvalue weighted by atomic mass is 19.4. The summed E-state index contributed by atoms with van der Waals surface area (Å²) in [4.78, 5) is 1.92. The van der Waals surface area contributed by atoms with E-state index in [0.29, 0.717) is 60.7 Å². The van der Waals surface area contributed by atoms with Gasteiger partial charge in [-0.3, -0.25) is 0 Å². The quantitative estimate of drug-likeness (QED) is 0.128. The smallest absolute Gasteiger partial charge is 0.311 e. The lowest BCUT2D eigenvalue weighted by Crippen LogP contribution is -2.61. The number of anilines is 6. The van der Waals surface area contributed by atoms with Crippen molar-refractivity contribution in [3.05, 3.63) is 125 Å². The molecule has 0 amide bonds. The minimum Gasteiger partial charge on any atom is -0.311 e. The summed E-state index contributed by atoms with van der Waals surface area (Å²) in [5, 5.41) is 0. The molecule has 18 heteroatoms. The maximum absolute atomic E-state index is 14.6. The number of benzene rings is 5. The lowest BCUT2D eigenvalue weighted by atomic mass is 9.33. The largest absolute Gasteiger partial charge is 0.416 e. The van der Waals surface area contributed by atoms with Crippen molar-refractivity contribution in [3.63, 3.8) is 0 Å². The van der Waals surface area contributed by atoms with Crippen LogP contribution in [0, 0.1) is 0 Å². The van der Waals surface area contributed by atoms with Gasteiger partial charge in [0, 0.05) is 34.1 Å². The van der Waals surface area contributed by atoms with Gasteiger partial charge in [0.15, 0.2) is 0 Å². The number of hydrogen-bond acceptors (Lipinski definition) is 2. The van der Waals surface area contributed by atoms with Gasteiger partial charge in [-0.15, -0.1) is 0 Å². The summed E-state index contributed by atoms with van der Waals surface area (Å²) in [7, 11) is 0. The van der Waals surface area contributed by atoms with E-state index < -0.39 is 76.8 Å². The molecule has 2 heterocycles. The molecule has 5 aromatic rings. The lowest BCUT2D eigenvalue weighted by molar-refractivity contribution is -0.138. The number of rotatable bonds is 2. The Hall–Kier alpha value is -5.29. The molecule has 0 fully saturated rings. The summed E-state index contributed by atoms with van der Waals surface area (Å²) in [6.45, 7) is -1.65. The molecule has 2 aliphatic heterocycles. The molecule has 2 nitrogen and oxygen atoms in total. The van der Waals surface area contributed by atoms with E-state index in [4.69, 9.17) is 0 Å². The molecule has 0 aliphatic carbocycles. The van der Waals surface area contributed by atoms with Crippen LogP contribution in [0.15, 0.2) is 97.1 Å². The zero-order valence-electron chi connectivity index (χ0n) is 25.9. The standard InChI is InChI=1S/C35H16BF15N2/c37-31(38,39)17-1-7-22(8-2-17)52-26-11-5-19(33(43,44)45)13-24(26)36-25-14-20(34(46,47)48)6-12-27(25)53(23-9-3-18(4-10-23)32(40,41)42)29-16-21(35(49,50)51)15-28(52)30(29)36/h1-16H. The van der Waals surface area contributed by atoms with Crippen LogP contribution in [0.1, 0.15) is 27.8 Å². The van der Waals surface area contributed by atoms with Crippen LogP contribution >= 0.6 is 0 Å². The highest BCUT2D eigenvalue weighted by Gasteiger charge is 2.48. The third-order valence-electron chi connectivity index (χ3n) is 8.95. The molecule has 0 N–H and O–H groups in total. The average molecular weight is 760 g/mol. The van der Waals surface area contributed by atoms with Gasteiger partial charge >= 0.3 is 30.9 Å². The number of halogens is 15. The van der Waals surface area contributed by atoms with E-state index in [1.54, 1.807) is 0 Å². The van der Waals surface area contributed by atoms with Gasteiger partial charge in [-0.25, -0.2) is 0 Å². The summed E-state index contributed by atoms with van der Waals surface area (Å²) >= 11 is 0. The van der Waals surface area contributed by atoms with E-state index in [9.17, 15) is 65.9 Å². The first-order chi connectivity index (χ1) is 24.4. The molecular weight excluding hydrogens is 744 g/mol. The fourth-order valence-electron chi connectivity index (χ4n) is 6.68. The number of hydrogen-bond donors (Lipinski definition) is 0. The lowest BCUT2D eigenvalue weighted by Gasteiger charge is -2.44.